The van der Waals surface area contributed by atoms with Crippen LogP contribution in [0.25, 0.3) is 16.9 Å². The van der Waals surface area contributed by atoms with Crippen LogP contribution in [0, 0.1) is 6.92 Å². The van der Waals surface area contributed by atoms with Gasteiger partial charge >= 0.3 is 0 Å². The summed E-state index contributed by atoms with van der Waals surface area (Å²) in [6.45, 7) is 4.74. The van der Waals surface area contributed by atoms with Crippen LogP contribution in [0.1, 0.15) is 35.8 Å². The molecule has 0 aliphatic carbocycles. The molecule has 3 aromatic rings. The highest BCUT2D eigenvalue weighted by molar-refractivity contribution is 5.94. The van der Waals surface area contributed by atoms with E-state index in [2.05, 4.69) is 12.2 Å². The van der Waals surface area contributed by atoms with E-state index >= 15 is 0 Å². The molecule has 152 valence electrons. The molecule has 1 aromatic heterocycles. The highest BCUT2D eigenvalue weighted by atomic mass is 16.5. The Morgan fingerprint density at radius 3 is 2.62 bits per heavy atom. The van der Waals surface area contributed by atoms with Gasteiger partial charge in [0.2, 0.25) is 0 Å². The lowest BCUT2D eigenvalue weighted by Crippen LogP contribution is -2.26. The van der Waals surface area contributed by atoms with E-state index in [-0.39, 0.29) is 5.91 Å². The molecule has 0 aliphatic rings. The zero-order valence-electron chi connectivity index (χ0n) is 17.4. The summed E-state index contributed by atoms with van der Waals surface area (Å²) in [5.41, 5.74) is 3.87. The molecular weight excluding hydrogens is 366 g/mol. The molecule has 29 heavy (non-hydrogen) atoms. The monoisotopic (exact) mass is 393 g/mol. The molecule has 0 unspecified atom stereocenters. The van der Waals surface area contributed by atoms with Gasteiger partial charge in [-0.2, -0.15) is 5.10 Å². The minimum atomic E-state index is -0.147. The molecule has 6 nitrogen and oxygen atoms in total. The first-order valence-electron chi connectivity index (χ1n) is 9.75. The normalized spacial score (nSPS) is 10.6. The van der Waals surface area contributed by atoms with Crippen LogP contribution < -0.4 is 14.8 Å². The lowest BCUT2D eigenvalue weighted by molar-refractivity contribution is 0.0945. The molecule has 0 saturated carbocycles. The molecule has 0 fully saturated rings. The number of nitrogens with one attached hydrogen (secondary N) is 1. The Morgan fingerprint density at radius 1 is 1.10 bits per heavy atom. The minimum absolute atomic E-state index is 0.147. The fraction of sp³-hybridized carbons (Fsp3) is 0.304. The van der Waals surface area contributed by atoms with Crippen molar-refractivity contribution in [3.8, 4) is 28.4 Å². The number of aryl methyl sites for hydroxylation is 1. The summed E-state index contributed by atoms with van der Waals surface area (Å²) in [5, 5.41) is 7.73. The van der Waals surface area contributed by atoms with E-state index < -0.39 is 0 Å². The van der Waals surface area contributed by atoms with Gasteiger partial charge in [-0.3, -0.25) is 4.79 Å². The Kier molecular flexibility index (Phi) is 6.54. The third-order valence-corrected chi connectivity index (χ3v) is 4.69. The minimum Gasteiger partial charge on any atom is -0.497 e. The van der Waals surface area contributed by atoms with Crippen LogP contribution >= 0.6 is 0 Å². The van der Waals surface area contributed by atoms with E-state index in [0.29, 0.717) is 29.4 Å². The van der Waals surface area contributed by atoms with Crippen molar-refractivity contribution < 1.29 is 14.3 Å². The number of carbonyl (C=O) groups is 1. The Hall–Kier alpha value is -3.28. The number of hydrogen-bond donors (Lipinski definition) is 1. The topological polar surface area (TPSA) is 65.4 Å². The summed E-state index contributed by atoms with van der Waals surface area (Å²) >= 11 is 0. The summed E-state index contributed by atoms with van der Waals surface area (Å²) < 4.78 is 12.5. The van der Waals surface area contributed by atoms with Gasteiger partial charge in [-0.1, -0.05) is 25.5 Å². The van der Waals surface area contributed by atoms with Crippen molar-refractivity contribution in [3.05, 3.63) is 59.8 Å². The maximum atomic E-state index is 12.9. The molecule has 1 heterocycles. The van der Waals surface area contributed by atoms with Crippen LogP contribution in [-0.2, 0) is 0 Å². The molecule has 6 heteroatoms. The smallest absolute Gasteiger partial charge is 0.270 e. The van der Waals surface area contributed by atoms with Crippen LogP contribution in [0.5, 0.6) is 11.5 Å². The van der Waals surface area contributed by atoms with Crippen molar-refractivity contribution in [3.63, 3.8) is 0 Å². The van der Waals surface area contributed by atoms with E-state index in [1.165, 1.54) is 0 Å². The second-order valence-electron chi connectivity index (χ2n) is 6.84. The largest absolute Gasteiger partial charge is 0.497 e. The van der Waals surface area contributed by atoms with Gasteiger partial charge < -0.3 is 14.8 Å². The molecule has 0 aliphatic heterocycles. The second kappa shape index (κ2) is 9.28. The third kappa shape index (κ3) is 4.59. The van der Waals surface area contributed by atoms with Gasteiger partial charge in [0.1, 0.15) is 17.2 Å². The van der Waals surface area contributed by atoms with Gasteiger partial charge in [0.05, 0.1) is 25.6 Å². The molecule has 2 aromatic carbocycles. The third-order valence-electron chi connectivity index (χ3n) is 4.69. The molecular formula is C23H27N3O3. The van der Waals surface area contributed by atoms with Gasteiger partial charge in [0.25, 0.3) is 5.91 Å². The number of rotatable bonds is 8. The van der Waals surface area contributed by atoms with E-state index in [1.54, 1.807) is 25.0 Å². The summed E-state index contributed by atoms with van der Waals surface area (Å²) in [6.07, 6.45) is 1.95. The van der Waals surface area contributed by atoms with E-state index in [9.17, 15) is 4.79 Å². The molecule has 1 amide bonds. The number of carbonyl (C=O) groups excluding carboxylic acids is 1. The SMILES string of the molecule is CCCCNC(=O)c1cc(-c2ccc(OC)cc2OC)nn1-c1cccc(C)c1. The number of aromatic nitrogens is 2. The fourth-order valence-corrected chi connectivity index (χ4v) is 3.11. The van der Waals surface area contributed by atoms with Gasteiger partial charge in [-0.25, -0.2) is 4.68 Å². The highest BCUT2D eigenvalue weighted by Gasteiger charge is 2.19. The van der Waals surface area contributed by atoms with Crippen molar-refractivity contribution >= 4 is 5.91 Å². The predicted octanol–water partition coefficient (Wildman–Crippen LogP) is 4.39. The maximum absolute atomic E-state index is 12.9. The summed E-state index contributed by atoms with van der Waals surface area (Å²) in [5.74, 6) is 1.18. The van der Waals surface area contributed by atoms with Crippen LogP contribution in [0.3, 0.4) is 0 Å². The molecule has 0 spiro atoms. The van der Waals surface area contributed by atoms with Gasteiger partial charge in [-0.15, -0.1) is 0 Å². The second-order valence-corrected chi connectivity index (χ2v) is 6.84. The predicted molar refractivity (Wildman–Crippen MR) is 114 cm³/mol. The number of amides is 1. The van der Waals surface area contributed by atoms with Gasteiger partial charge in [0, 0.05) is 18.2 Å². The lowest BCUT2D eigenvalue weighted by atomic mass is 10.1. The van der Waals surface area contributed by atoms with Crippen molar-refractivity contribution in [1.29, 1.82) is 0 Å². The molecule has 1 N–H and O–H groups in total. The molecule has 0 atom stereocenters. The summed E-state index contributed by atoms with van der Waals surface area (Å²) in [4.78, 5) is 12.9. The number of methoxy groups -OCH3 is 2. The Balaban J connectivity index is 2.08. The van der Waals surface area contributed by atoms with Crippen molar-refractivity contribution in [2.24, 2.45) is 0 Å². The van der Waals surface area contributed by atoms with E-state index in [0.717, 1.165) is 29.7 Å². The van der Waals surface area contributed by atoms with Crippen molar-refractivity contribution in [2.45, 2.75) is 26.7 Å². The Labute approximate surface area is 171 Å². The first-order chi connectivity index (χ1) is 14.1. The number of unbranched alkanes of at least 4 members (excludes halogenated alkanes) is 1. The first-order valence-corrected chi connectivity index (χ1v) is 9.75. The highest BCUT2D eigenvalue weighted by Crippen LogP contribution is 2.33. The standard InChI is InChI=1S/C23H27N3O3/c1-5-6-12-24-23(27)21-15-20(19-11-10-18(28-3)14-22(19)29-4)25-26(21)17-9-7-8-16(2)13-17/h7-11,13-15H,5-6,12H2,1-4H3,(H,24,27). The number of ether oxygens (including phenoxy) is 2. The van der Waals surface area contributed by atoms with Crippen LogP contribution in [0.15, 0.2) is 48.5 Å². The lowest BCUT2D eigenvalue weighted by Gasteiger charge is -2.09. The molecule has 3 rings (SSSR count). The zero-order valence-corrected chi connectivity index (χ0v) is 17.4. The Morgan fingerprint density at radius 2 is 1.93 bits per heavy atom. The number of hydrogen-bond acceptors (Lipinski definition) is 4. The summed E-state index contributed by atoms with van der Waals surface area (Å²) in [6, 6.07) is 15.3. The van der Waals surface area contributed by atoms with Crippen molar-refractivity contribution in [2.75, 3.05) is 20.8 Å². The van der Waals surface area contributed by atoms with Crippen LogP contribution in [0.4, 0.5) is 0 Å². The number of nitrogens with zero attached hydrogens (tertiary/aromatic N) is 2. The molecule has 0 saturated heterocycles. The fourth-order valence-electron chi connectivity index (χ4n) is 3.11. The molecule has 0 radical (unpaired) electrons. The van der Waals surface area contributed by atoms with Crippen LogP contribution in [0.2, 0.25) is 0 Å². The average molecular weight is 393 g/mol. The quantitative estimate of drug-likeness (QED) is 0.576. The maximum Gasteiger partial charge on any atom is 0.270 e. The Bertz CT molecular complexity index is 995. The van der Waals surface area contributed by atoms with Gasteiger partial charge in [-0.05, 0) is 49.2 Å². The first kappa shape index (κ1) is 20.5. The van der Waals surface area contributed by atoms with E-state index in [4.69, 9.17) is 14.6 Å². The van der Waals surface area contributed by atoms with Crippen LogP contribution in [-0.4, -0.2) is 36.5 Å². The van der Waals surface area contributed by atoms with E-state index in [1.807, 2.05) is 49.4 Å². The van der Waals surface area contributed by atoms with Crippen molar-refractivity contribution in [1.82, 2.24) is 15.1 Å². The molecule has 0 bridgehead atoms. The van der Waals surface area contributed by atoms with Gasteiger partial charge in [0.15, 0.2) is 0 Å². The zero-order chi connectivity index (χ0) is 20.8. The average Bonchev–Trinajstić information content (AvgIpc) is 3.18. The summed E-state index contributed by atoms with van der Waals surface area (Å²) in [7, 11) is 3.22. The number of benzene rings is 2.